The summed E-state index contributed by atoms with van der Waals surface area (Å²) >= 11 is 2.36. The molecule has 0 aromatic heterocycles. The van der Waals surface area contributed by atoms with E-state index in [4.69, 9.17) is 0 Å². The van der Waals surface area contributed by atoms with Crippen molar-refractivity contribution in [2.45, 2.75) is 40.0 Å². The molecule has 1 unspecified atom stereocenters. The van der Waals surface area contributed by atoms with Gasteiger partial charge in [0.05, 0.1) is 0 Å². The maximum Gasteiger partial charge on any atom is 0.0130 e. The minimum Gasteiger partial charge on any atom is -0.0804 e. The maximum atomic E-state index is 2.46. The molecule has 0 aliphatic heterocycles. The lowest BCUT2D eigenvalue weighted by Crippen LogP contribution is -2.21. The molecule has 1 aromatic carbocycles. The summed E-state index contributed by atoms with van der Waals surface area (Å²) in [5, 5.41) is 0. The second-order valence-corrected chi connectivity index (χ2v) is 7.32. The molecule has 1 aliphatic rings. The third-order valence-electron chi connectivity index (χ3n) is 3.85. The van der Waals surface area contributed by atoms with E-state index in [-0.39, 0.29) is 0 Å². The molecule has 0 heterocycles. The third kappa shape index (κ3) is 3.34. The summed E-state index contributed by atoms with van der Waals surface area (Å²) < 4.78 is 1.32. The Morgan fingerprint density at radius 1 is 1.12 bits per heavy atom. The average molecular weight is 340 g/mol. The zero-order valence-electron chi connectivity index (χ0n) is 11.0. The number of hydrogen-bond donors (Lipinski definition) is 0. The van der Waals surface area contributed by atoms with Crippen molar-refractivity contribution in [3.63, 3.8) is 0 Å². The molecule has 0 bridgehead atoms. The monoisotopic (exact) mass is 340 g/mol. The molecule has 0 spiro atoms. The first-order chi connectivity index (χ1) is 7.97. The number of hydrogen-bond acceptors (Lipinski definition) is 0. The van der Waals surface area contributed by atoms with Crippen LogP contribution in [0.15, 0.2) is 30.3 Å². The lowest BCUT2D eigenvalue weighted by Gasteiger charge is -2.33. The van der Waals surface area contributed by atoms with Gasteiger partial charge in [-0.2, -0.15) is 0 Å². The molecule has 0 N–H and O–H groups in total. The molecule has 0 amide bonds. The fraction of sp³-hybridized carbons (Fsp3) is 0.500. The Bertz CT molecular complexity index is 406. The zero-order chi connectivity index (χ0) is 12.5. The van der Waals surface area contributed by atoms with Crippen molar-refractivity contribution in [1.29, 1.82) is 0 Å². The first-order valence-corrected chi connectivity index (χ1v) is 7.49. The van der Waals surface area contributed by atoms with Gasteiger partial charge in [0.2, 0.25) is 0 Å². The summed E-state index contributed by atoms with van der Waals surface area (Å²) in [6.45, 7) is 7.09. The van der Waals surface area contributed by atoms with E-state index < -0.39 is 0 Å². The lowest BCUT2D eigenvalue weighted by atomic mass is 9.72. The molecule has 1 aromatic rings. The van der Waals surface area contributed by atoms with Crippen molar-refractivity contribution in [3.8, 4) is 0 Å². The highest BCUT2D eigenvalue weighted by Crippen LogP contribution is 2.39. The Balaban J connectivity index is 2.11. The van der Waals surface area contributed by atoms with Gasteiger partial charge in [0.25, 0.3) is 0 Å². The van der Waals surface area contributed by atoms with Crippen molar-refractivity contribution < 1.29 is 0 Å². The van der Waals surface area contributed by atoms with Crippen LogP contribution in [0, 0.1) is 14.9 Å². The largest absolute Gasteiger partial charge is 0.0804 e. The second-order valence-electron chi connectivity index (χ2n) is 6.07. The van der Waals surface area contributed by atoms with Gasteiger partial charge < -0.3 is 0 Å². The van der Waals surface area contributed by atoms with Crippen LogP contribution in [0.3, 0.4) is 0 Å². The normalized spacial score (nSPS) is 21.2. The minimum atomic E-state index is 0.452. The van der Waals surface area contributed by atoms with Gasteiger partial charge in [0.1, 0.15) is 0 Å². The fourth-order valence-electron chi connectivity index (χ4n) is 2.55. The van der Waals surface area contributed by atoms with Crippen molar-refractivity contribution in [3.05, 3.63) is 39.5 Å². The predicted molar refractivity (Wildman–Crippen MR) is 83.9 cm³/mol. The van der Waals surface area contributed by atoms with Crippen molar-refractivity contribution >= 4 is 28.2 Å². The van der Waals surface area contributed by atoms with Crippen molar-refractivity contribution in [2.75, 3.05) is 0 Å². The topological polar surface area (TPSA) is 0 Å². The second kappa shape index (κ2) is 5.13. The summed E-state index contributed by atoms with van der Waals surface area (Å²) in [4.78, 5) is 0. The Morgan fingerprint density at radius 2 is 1.76 bits per heavy atom. The van der Waals surface area contributed by atoms with Gasteiger partial charge in [-0.25, -0.2) is 0 Å². The van der Waals surface area contributed by atoms with Crippen LogP contribution in [-0.2, 0) is 0 Å². The van der Waals surface area contributed by atoms with Crippen LogP contribution in [0.1, 0.15) is 45.6 Å². The van der Waals surface area contributed by atoms with Crippen LogP contribution in [0.4, 0.5) is 0 Å². The Hall–Kier alpha value is -0.310. The number of benzene rings is 1. The molecule has 1 atom stereocenters. The molecule has 0 fully saturated rings. The quantitative estimate of drug-likeness (QED) is 0.591. The lowest BCUT2D eigenvalue weighted by molar-refractivity contribution is 0.225. The van der Waals surface area contributed by atoms with Crippen LogP contribution in [0.25, 0.3) is 5.57 Å². The van der Waals surface area contributed by atoms with E-state index in [2.05, 4.69) is 73.7 Å². The van der Waals surface area contributed by atoms with Gasteiger partial charge in [0, 0.05) is 3.57 Å². The highest BCUT2D eigenvalue weighted by atomic mass is 127. The summed E-state index contributed by atoms with van der Waals surface area (Å²) in [5.41, 5.74) is 3.41. The molecule has 1 aliphatic carbocycles. The maximum absolute atomic E-state index is 2.46. The molecule has 0 nitrogen and oxygen atoms in total. The zero-order valence-corrected chi connectivity index (χ0v) is 13.1. The minimum absolute atomic E-state index is 0.452. The van der Waals surface area contributed by atoms with E-state index in [1.54, 1.807) is 5.57 Å². The van der Waals surface area contributed by atoms with Crippen LogP contribution >= 0.6 is 22.6 Å². The molecular weight excluding hydrogens is 319 g/mol. The highest BCUT2D eigenvalue weighted by molar-refractivity contribution is 14.1. The van der Waals surface area contributed by atoms with Crippen molar-refractivity contribution in [2.24, 2.45) is 11.3 Å². The molecule has 2 rings (SSSR count). The van der Waals surface area contributed by atoms with E-state index in [0.717, 1.165) is 5.92 Å². The first-order valence-electron chi connectivity index (χ1n) is 6.42. The van der Waals surface area contributed by atoms with Crippen LogP contribution in [-0.4, -0.2) is 0 Å². The van der Waals surface area contributed by atoms with Gasteiger partial charge in [-0.05, 0) is 76.5 Å². The number of allylic oxidation sites excluding steroid dienone is 2. The SMILES string of the molecule is CC(C)(C)C1CC=C(c2ccc(I)cc2)CC1. The van der Waals surface area contributed by atoms with Gasteiger partial charge >= 0.3 is 0 Å². The smallest absolute Gasteiger partial charge is 0.0130 e. The van der Waals surface area contributed by atoms with Crippen molar-refractivity contribution in [1.82, 2.24) is 0 Å². The highest BCUT2D eigenvalue weighted by Gasteiger charge is 2.26. The molecule has 92 valence electrons. The molecule has 0 saturated heterocycles. The van der Waals surface area contributed by atoms with Gasteiger partial charge in [-0.15, -0.1) is 0 Å². The summed E-state index contributed by atoms with van der Waals surface area (Å²) in [5.74, 6) is 0.843. The third-order valence-corrected chi connectivity index (χ3v) is 4.57. The molecule has 0 saturated carbocycles. The summed E-state index contributed by atoms with van der Waals surface area (Å²) in [7, 11) is 0. The van der Waals surface area contributed by atoms with E-state index in [1.807, 2.05) is 0 Å². The van der Waals surface area contributed by atoms with E-state index in [1.165, 1.54) is 28.4 Å². The van der Waals surface area contributed by atoms with Gasteiger partial charge in [-0.3, -0.25) is 0 Å². The van der Waals surface area contributed by atoms with E-state index >= 15 is 0 Å². The van der Waals surface area contributed by atoms with Gasteiger partial charge in [0.15, 0.2) is 0 Å². The summed E-state index contributed by atoms with van der Waals surface area (Å²) in [6.07, 6.45) is 6.27. The standard InChI is InChI=1S/C16H21I/c1-16(2,3)14-8-4-12(5-9-14)13-6-10-15(17)11-7-13/h4,6-7,10-11,14H,5,8-9H2,1-3H3. The van der Waals surface area contributed by atoms with E-state index in [0.29, 0.717) is 5.41 Å². The average Bonchev–Trinajstić information content (AvgIpc) is 2.29. The molecule has 17 heavy (non-hydrogen) atoms. The first kappa shape index (κ1) is 13.1. The number of rotatable bonds is 1. The molecule has 0 radical (unpaired) electrons. The Morgan fingerprint density at radius 3 is 2.24 bits per heavy atom. The predicted octanol–water partition coefficient (Wildman–Crippen LogP) is 5.52. The Kier molecular flexibility index (Phi) is 3.96. The summed E-state index contributed by atoms with van der Waals surface area (Å²) in [6, 6.07) is 8.91. The van der Waals surface area contributed by atoms with Crippen LogP contribution < -0.4 is 0 Å². The molecule has 1 heteroatoms. The van der Waals surface area contributed by atoms with E-state index in [9.17, 15) is 0 Å². The molecular formula is C16H21I. The number of halogens is 1. The van der Waals surface area contributed by atoms with Gasteiger partial charge in [-0.1, -0.05) is 39.0 Å². The van der Waals surface area contributed by atoms with Crippen LogP contribution in [0.2, 0.25) is 0 Å². The van der Waals surface area contributed by atoms with Crippen LogP contribution in [0.5, 0.6) is 0 Å². The Labute approximate surface area is 119 Å². The fourth-order valence-corrected chi connectivity index (χ4v) is 2.91.